The molecular weight excluding hydrogens is 307 g/mol. The molecule has 1 fully saturated rings. The Labute approximate surface area is 135 Å². The molecule has 0 aromatic carbocycles. The van der Waals surface area contributed by atoms with Gasteiger partial charge in [-0.2, -0.15) is 0 Å². The van der Waals surface area contributed by atoms with Gasteiger partial charge in [0.15, 0.2) is 0 Å². The largest absolute Gasteiger partial charge is 1.00 e. The Morgan fingerprint density at radius 3 is 1.21 bits per heavy atom. The first kappa shape index (κ1) is 19.7. The fourth-order valence-corrected chi connectivity index (χ4v) is 2.68. The number of hydrogen-bond acceptors (Lipinski definition) is 8. The summed E-state index contributed by atoms with van der Waals surface area (Å²) in [4.78, 5) is 3.66. The third kappa shape index (κ3) is 10.2. The Bertz CT molecular complexity index is 414. The summed E-state index contributed by atoms with van der Waals surface area (Å²) < 4.78 is 62.7. The molecule has 0 spiro atoms. The van der Waals surface area contributed by atoms with E-state index in [1.807, 2.05) is 9.80 Å². The van der Waals surface area contributed by atoms with Crippen molar-refractivity contribution < 1.29 is 55.5 Å². The molecule has 8 nitrogen and oxygen atoms in total. The van der Waals surface area contributed by atoms with Gasteiger partial charge in [0.25, 0.3) is 0 Å². The Kier molecular flexibility index (Phi) is 8.57. The van der Waals surface area contributed by atoms with Gasteiger partial charge in [-0.25, -0.2) is 16.8 Å². The summed E-state index contributed by atoms with van der Waals surface area (Å²) in [7, 11) is -8.39. The van der Waals surface area contributed by atoms with Gasteiger partial charge in [-0.05, 0) is 0 Å². The number of piperazine rings is 1. The zero-order chi connectivity index (χ0) is 13.8. The molecule has 0 atom stereocenters. The van der Waals surface area contributed by atoms with Crippen molar-refractivity contribution in [3.05, 3.63) is 0 Å². The zero-order valence-electron chi connectivity index (χ0n) is 10.8. The van der Waals surface area contributed by atoms with Crippen molar-refractivity contribution in [2.24, 2.45) is 0 Å². The molecule has 19 heavy (non-hydrogen) atoms. The molecule has 0 amide bonds. The van der Waals surface area contributed by atoms with Crippen LogP contribution in [-0.4, -0.2) is 86.5 Å². The normalized spacial score (nSPS) is 19.1. The van der Waals surface area contributed by atoms with E-state index in [1.54, 1.807) is 0 Å². The van der Waals surface area contributed by atoms with Crippen LogP contribution in [0.25, 0.3) is 0 Å². The second-order valence-corrected chi connectivity index (χ2v) is 7.25. The molecule has 1 saturated heterocycles. The van der Waals surface area contributed by atoms with E-state index < -0.39 is 31.7 Å². The molecule has 1 rings (SSSR count). The topological polar surface area (TPSA) is 121 Å². The van der Waals surface area contributed by atoms with Crippen molar-refractivity contribution in [3.63, 3.8) is 0 Å². The van der Waals surface area contributed by atoms with Gasteiger partial charge in [0.2, 0.25) is 0 Å². The first-order chi connectivity index (χ1) is 8.16. The first-order valence-electron chi connectivity index (χ1n) is 5.47. The van der Waals surface area contributed by atoms with E-state index in [0.29, 0.717) is 26.2 Å². The Morgan fingerprint density at radius 1 is 0.737 bits per heavy atom. The monoisotopic (exact) mass is 323 g/mol. The van der Waals surface area contributed by atoms with Gasteiger partial charge in [-0.15, -0.1) is 0 Å². The number of nitrogens with zero attached hydrogens (tertiary/aromatic N) is 2. The minimum absolute atomic E-state index is 0. The molecule has 0 aromatic heterocycles. The van der Waals surface area contributed by atoms with Crippen molar-refractivity contribution in [2.75, 3.05) is 50.8 Å². The summed E-state index contributed by atoms with van der Waals surface area (Å²) in [5.74, 6) is -0.829. The van der Waals surface area contributed by atoms with Crippen LogP contribution in [0.5, 0.6) is 0 Å². The van der Waals surface area contributed by atoms with Crippen LogP contribution < -0.4 is 29.6 Å². The Morgan fingerprint density at radius 2 is 1.00 bits per heavy atom. The van der Waals surface area contributed by atoms with E-state index in [4.69, 9.17) is 0 Å². The molecule has 0 aliphatic carbocycles. The average Bonchev–Trinajstić information content (AvgIpc) is 2.23. The van der Waals surface area contributed by atoms with Crippen LogP contribution in [0, 0.1) is 0 Å². The van der Waals surface area contributed by atoms with Crippen LogP contribution in [0.15, 0.2) is 0 Å². The number of rotatable bonds is 6. The summed E-state index contributed by atoms with van der Waals surface area (Å²) in [5.41, 5.74) is 0. The molecule has 0 bridgehead atoms. The van der Waals surface area contributed by atoms with Crippen molar-refractivity contribution in [1.29, 1.82) is 0 Å². The van der Waals surface area contributed by atoms with Gasteiger partial charge in [0.05, 0.1) is 31.7 Å². The second kappa shape index (κ2) is 8.25. The Hall–Kier alpha value is 0.740. The van der Waals surface area contributed by atoms with Crippen LogP contribution in [-0.2, 0) is 20.2 Å². The van der Waals surface area contributed by atoms with Crippen LogP contribution in [0.3, 0.4) is 0 Å². The molecule has 0 aromatic rings. The summed E-state index contributed by atoms with van der Waals surface area (Å²) in [6.45, 7) is 2.64. The average molecular weight is 323 g/mol. The van der Waals surface area contributed by atoms with Crippen molar-refractivity contribution in [2.45, 2.75) is 0 Å². The molecule has 108 valence electrons. The van der Waals surface area contributed by atoms with Crippen molar-refractivity contribution in [3.8, 4) is 0 Å². The smallest absolute Gasteiger partial charge is 0.748 e. The van der Waals surface area contributed by atoms with Crippen LogP contribution in [0.4, 0.5) is 0 Å². The number of hydrogen-bond donors (Lipinski definition) is 0. The third-order valence-electron chi connectivity index (χ3n) is 2.78. The summed E-state index contributed by atoms with van der Waals surface area (Å²) >= 11 is 0. The van der Waals surface area contributed by atoms with Crippen molar-refractivity contribution >= 4 is 20.2 Å². The molecule has 0 unspecified atom stereocenters. The van der Waals surface area contributed by atoms with Gasteiger partial charge in [0.1, 0.15) is 0 Å². The molecule has 1 aliphatic rings. The minimum Gasteiger partial charge on any atom is -0.748 e. The molecule has 1 heterocycles. The Balaban J connectivity index is 0.00000324. The van der Waals surface area contributed by atoms with Gasteiger partial charge >= 0.3 is 29.6 Å². The second-order valence-electron chi connectivity index (χ2n) is 4.21. The maximum Gasteiger partial charge on any atom is 1.00 e. The fraction of sp³-hybridized carbons (Fsp3) is 1.00. The summed E-state index contributed by atoms with van der Waals surface area (Å²) in [5, 5.41) is 0. The van der Waals surface area contributed by atoms with E-state index in [9.17, 15) is 25.9 Å². The molecule has 0 radical (unpaired) electrons. The molecular formula is C8H16N2NaO6S2-. The SMILES string of the molecule is O=S(=O)([O-])CCN1CCN(CCS(=O)(=O)[O-])CC1.[Na+]. The third-order valence-corrected chi connectivity index (χ3v) is 4.15. The fourth-order valence-electron chi connectivity index (χ4n) is 1.72. The summed E-state index contributed by atoms with van der Waals surface area (Å²) in [6, 6.07) is 0. The first-order valence-corrected chi connectivity index (χ1v) is 8.63. The predicted molar refractivity (Wildman–Crippen MR) is 62.0 cm³/mol. The van der Waals surface area contributed by atoms with E-state index in [2.05, 4.69) is 0 Å². The van der Waals surface area contributed by atoms with Gasteiger partial charge < -0.3 is 9.11 Å². The molecule has 0 N–H and O–H groups in total. The maximum absolute atomic E-state index is 10.5. The molecule has 0 saturated carbocycles. The van der Waals surface area contributed by atoms with Crippen LogP contribution in [0.2, 0.25) is 0 Å². The van der Waals surface area contributed by atoms with Gasteiger partial charge in [-0.1, -0.05) is 0 Å². The van der Waals surface area contributed by atoms with E-state index in [1.165, 1.54) is 0 Å². The van der Waals surface area contributed by atoms with Crippen molar-refractivity contribution in [1.82, 2.24) is 9.80 Å². The van der Waals surface area contributed by atoms with Crippen LogP contribution in [0.1, 0.15) is 0 Å². The standard InChI is InChI=1S/C8H18N2O6S2.Na/c11-17(12,13)7-5-9-1-2-10(4-3-9)6-8-18(14,15)16;/h1-8H2,(H,11,12,13)(H,14,15,16);/q;+1/p-2. The summed E-state index contributed by atoms with van der Waals surface area (Å²) in [6.07, 6.45) is 0. The minimum atomic E-state index is -4.19. The molecule has 1 aliphatic heterocycles. The van der Waals surface area contributed by atoms with Crippen LogP contribution >= 0.6 is 0 Å². The van der Waals surface area contributed by atoms with E-state index >= 15 is 0 Å². The van der Waals surface area contributed by atoms with E-state index in [0.717, 1.165) is 0 Å². The zero-order valence-corrected chi connectivity index (χ0v) is 14.5. The van der Waals surface area contributed by atoms with Gasteiger partial charge in [0, 0.05) is 39.3 Å². The predicted octanol–water partition coefficient (Wildman–Crippen LogP) is -5.30. The quantitative estimate of drug-likeness (QED) is 0.351. The van der Waals surface area contributed by atoms with Gasteiger partial charge in [-0.3, -0.25) is 9.80 Å². The maximum atomic E-state index is 10.5. The molecule has 11 heteroatoms. The van der Waals surface area contributed by atoms with E-state index in [-0.39, 0.29) is 42.6 Å².